The summed E-state index contributed by atoms with van der Waals surface area (Å²) in [5.41, 5.74) is -0.809. The normalized spacial score (nSPS) is 17.2. The lowest BCUT2D eigenvalue weighted by atomic mass is 9.96. The Morgan fingerprint density at radius 1 is 1.25 bits per heavy atom. The highest BCUT2D eigenvalue weighted by Crippen LogP contribution is 2.30. The molecule has 0 radical (unpaired) electrons. The molecule has 1 aromatic heterocycles. The Morgan fingerprint density at radius 2 is 1.96 bits per heavy atom. The summed E-state index contributed by atoms with van der Waals surface area (Å²) in [6.45, 7) is 1.82. The number of rotatable bonds is 7. The van der Waals surface area contributed by atoms with Gasteiger partial charge in [-0.3, -0.25) is 10.00 Å². The number of nitrogens with one attached hydrogen (secondary N) is 1. The maximum absolute atomic E-state index is 14.1. The highest BCUT2D eigenvalue weighted by molar-refractivity contribution is 5.18. The van der Waals surface area contributed by atoms with Gasteiger partial charge >= 0.3 is 6.18 Å². The zero-order chi connectivity index (χ0) is 20.1. The molecule has 1 atom stereocenters. The molecule has 0 bridgehead atoms. The van der Waals surface area contributed by atoms with E-state index in [1.165, 1.54) is 6.07 Å². The summed E-state index contributed by atoms with van der Waals surface area (Å²) in [5, 5.41) is 16.2. The quantitative estimate of drug-likeness (QED) is 0.546. The van der Waals surface area contributed by atoms with Crippen molar-refractivity contribution in [3.8, 4) is 0 Å². The van der Waals surface area contributed by atoms with Crippen molar-refractivity contribution in [2.75, 3.05) is 19.8 Å². The van der Waals surface area contributed by atoms with Crippen LogP contribution in [-0.2, 0) is 17.5 Å². The van der Waals surface area contributed by atoms with E-state index in [1.807, 2.05) is 0 Å². The third-order valence-electron chi connectivity index (χ3n) is 5.01. The van der Waals surface area contributed by atoms with E-state index in [2.05, 4.69) is 10.2 Å². The van der Waals surface area contributed by atoms with E-state index in [0.29, 0.717) is 31.2 Å². The van der Waals surface area contributed by atoms with Gasteiger partial charge in [-0.25, -0.2) is 4.39 Å². The first-order valence-electron chi connectivity index (χ1n) is 9.20. The number of aromatic amines is 1. The van der Waals surface area contributed by atoms with Gasteiger partial charge in [-0.05, 0) is 37.3 Å². The molecule has 0 aliphatic carbocycles. The molecule has 1 fully saturated rings. The molecular formula is C19H23F4N3O2. The van der Waals surface area contributed by atoms with Crippen LogP contribution < -0.4 is 0 Å². The summed E-state index contributed by atoms with van der Waals surface area (Å²) in [7, 11) is 0. The van der Waals surface area contributed by atoms with Crippen molar-refractivity contribution in [2.24, 2.45) is 5.92 Å². The molecular weight excluding hydrogens is 378 g/mol. The topological polar surface area (TPSA) is 61.4 Å². The van der Waals surface area contributed by atoms with E-state index in [9.17, 15) is 22.7 Å². The molecule has 0 amide bonds. The number of alkyl halides is 3. The van der Waals surface area contributed by atoms with Crippen molar-refractivity contribution < 1.29 is 27.4 Å². The van der Waals surface area contributed by atoms with Crippen LogP contribution in [0.5, 0.6) is 0 Å². The van der Waals surface area contributed by atoms with E-state index >= 15 is 0 Å². The molecule has 5 nitrogen and oxygen atoms in total. The van der Waals surface area contributed by atoms with E-state index in [0.717, 1.165) is 25.3 Å². The minimum Gasteiger partial charge on any atom is -0.381 e. The lowest BCUT2D eigenvalue weighted by Gasteiger charge is -2.30. The third-order valence-corrected chi connectivity index (χ3v) is 5.01. The van der Waals surface area contributed by atoms with Gasteiger partial charge in [0.15, 0.2) is 5.69 Å². The minimum atomic E-state index is -4.60. The van der Waals surface area contributed by atoms with Crippen LogP contribution in [0.3, 0.4) is 0 Å². The maximum atomic E-state index is 14.1. The molecule has 0 saturated carbocycles. The average molecular weight is 401 g/mol. The number of hydrogen-bond acceptors (Lipinski definition) is 4. The van der Waals surface area contributed by atoms with Crippen molar-refractivity contribution in [3.63, 3.8) is 0 Å². The molecule has 1 aliphatic heterocycles. The Kier molecular flexibility index (Phi) is 6.69. The lowest BCUT2D eigenvalue weighted by Crippen LogP contribution is -2.32. The molecule has 0 spiro atoms. The smallest absolute Gasteiger partial charge is 0.381 e. The molecule has 1 aromatic carbocycles. The largest absolute Gasteiger partial charge is 0.435 e. The fourth-order valence-electron chi connectivity index (χ4n) is 3.33. The highest BCUT2D eigenvalue weighted by Gasteiger charge is 2.35. The van der Waals surface area contributed by atoms with Crippen molar-refractivity contribution in [1.29, 1.82) is 0 Å². The van der Waals surface area contributed by atoms with Gasteiger partial charge in [-0.2, -0.15) is 18.3 Å². The number of H-pyrrole nitrogens is 1. The Bertz CT molecular complexity index is 760. The SMILES string of the molecule is OC(c1cc(C(F)(F)F)n[nH]1)N(CCC1CCOCC1)Cc1ccccc1F. The monoisotopic (exact) mass is 401 g/mol. The van der Waals surface area contributed by atoms with Gasteiger partial charge in [-0.1, -0.05) is 18.2 Å². The van der Waals surface area contributed by atoms with Crippen molar-refractivity contribution in [2.45, 2.75) is 38.2 Å². The van der Waals surface area contributed by atoms with Crippen LogP contribution in [0.4, 0.5) is 17.6 Å². The summed E-state index contributed by atoms with van der Waals surface area (Å²) >= 11 is 0. The van der Waals surface area contributed by atoms with Crippen LogP contribution in [-0.4, -0.2) is 40.0 Å². The summed E-state index contributed by atoms with van der Waals surface area (Å²) in [6.07, 6.45) is -3.44. The van der Waals surface area contributed by atoms with Crippen LogP contribution in [0.2, 0.25) is 0 Å². The Morgan fingerprint density at radius 3 is 2.61 bits per heavy atom. The van der Waals surface area contributed by atoms with Gasteiger partial charge in [0.05, 0.1) is 5.69 Å². The van der Waals surface area contributed by atoms with Gasteiger partial charge in [0.2, 0.25) is 0 Å². The molecule has 1 saturated heterocycles. The number of hydrogen-bond donors (Lipinski definition) is 2. The van der Waals surface area contributed by atoms with Crippen LogP contribution in [0, 0.1) is 11.7 Å². The van der Waals surface area contributed by atoms with Gasteiger partial charge in [-0.15, -0.1) is 0 Å². The van der Waals surface area contributed by atoms with E-state index < -0.39 is 23.9 Å². The van der Waals surface area contributed by atoms with Crippen molar-refractivity contribution in [3.05, 3.63) is 53.1 Å². The number of nitrogens with zero attached hydrogens (tertiary/aromatic N) is 2. The predicted molar refractivity (Wildman–Crippen MR) is 93.5 cm³/mol. The molecule has 2 N–H and O–H groups in total. The molecule has 154 valence electrons. The van der Waals surface area contributed by atoms with Gasteiger partial charge < -0.3 is 9.84 Å². The van der Waals surface area contributed by atoms with Crippen LogP contribution >= 0.6 is 0 Å². The highest BCUT2D eigenvalue weighted by atomic mass is 19.4. The fourth-order valence-corrected chi connectivity index (χ4v) is 3.33. The lowest BCUT2D eigenvalue weighted by molar-refractivity contribution is -0.141. The molecule has 9 heteroatoms. The maximum Gasteiger partial charge on any atom is 0.435 e. The zero-order valence-corrected chi connectivity index (χ0v) is 15.3. The summed E-state index contributed by atoms with van der Waals surface area (Å²) in [4.78, 5) is 1.56. The fraction of sp³-hybridized carbons (Fsp3) is 0.526. The van der Waals surface area contributed by atoms with Crippen LogP contribution in [0.15, 0.2) is 30.3 Å². The second-order valence-electron chi connectivity index (χ2n) is 6.99. The van der Waals surface area contributed by atoms with Crippen LogP contribution in [0.1, 0.15) is 42.4 Å². The molecule has 2 aromatic rings. The number of halogens is 4. The zero-order valence-electron chi connectivity index (χ0n) is 15.3. The predicted octanol–water partition coefficient (Wildman–Crippen LogP) is 3.88. The Hall–Kier alpha value is -1.97. The number of benzene rings is 1. The molecule has 3 rings (SSSR count). The Balaban J connectivity index is 1.75. The molecule has 1 aliphatic rings. The second kappa shape index (κ2) is 9.02. The Labute approximate surface area is 160 Å². The van der Waals surface area contributed by atoms with Gasteiger partial charge in [0, 0.05) is 31.9 Å². The third kappa shape index (κ3) is 5.30. The van der Waals surface area contributed by atoms with E-state index in [1.54, 1.807) is 23.1 Å². The molecule has 2 heterocycles. The standard InChI is InChI=1S/C19H23F4N3O2/c20-15-4-2-1-3-14(15)12-26(8-5-13-6-9-28-10-7-13)18(27)16-11-17(25-24-16)19(21,22)23/h1-4,11,13,18,27H,5-10,12H2,(H,24,25). The van der Waals surface area contributed by atoms with E-state index in [4.69, 9.17) is 4.74 Å². The number of aliphatic hydroxyl groups is 1. The molecule has 1 unspecified atom stereocenters. The van der Waals surface area contributed by atoms with Crippen molar-refractivity contribution >= 4 is 0 Å². The molecule has 28 heavy (non-hydrogen) atoms. The van der Waals surface area contributed by atoms with Gasteiger partial charge in [0.25, 0.3) is 0 Å². The summed E-state index contributed by atoms with van der Waals surface area (Å²) in [6, 6.07) is 6.94. The first-order chi connectivity index (χ1) is 13.3. The van der Waals surface area contributed by atoms with Gasteiger partial charge in [0.1, 0.15) is 12.0 Å². The number of aliphatic hydroxyl groups excluding tert-OH is 1. The first kappa shape index (κ1) is 20.8. The van der Waals surface area contributed by atoms with E-state index in [-0.39, 0.29) is 12.2 Å². The van der Waals surface area contributed by atoms with Crippen LogP contribution in [0.25, 0.3) is 0 Å². The number of aromatic nitrogens is 2. The average Bonchev–Trinajstić information content (AvgIpc) is 3.17. The second-order valence-corrected chi connectivity index (χ2v) is 6.99. The summed E-state index contributed by atoms with van der Waals surface area (Å²) in [5.74, 6) is -0.0251. The first-order valence-corrected chi connectivity index (χ1v) is 9.20. The number of ether oxygens (including phenoxy) is 1. The minimum absolute atomic E-state index is 0.0669. The van der Waals surface area contributed by atoms with Crippen molar-refractivity contribution in [1.82, 2.24) is 15.1 Å². The summed E-state index contributed by atoms with van der Waals surface area (Å²) < 4.78 is 57.9.